The van der Waals surface area contributed by atoms with Gasteiger partial charge in [0.15, 0.2) is 14.6 Å². The van der Waals surface area contributed by atoms with Crippen LogP contribution in [0.3, 0.4) is 0 Å². The van der Waals surface area contributed by atoms with Gasteiger partial charge < -0.3 is 14.2 Å². The molecule has 2 aliphatic heterocycles. The Kier molecular flexibility index (Phi) is 8.19. The van der Waals surface area contributed by atoms with Crippen molar-refractivity contribution in [1.29, 1.82) is 0 Å². The van der Waals surface area contributed by atoms with Gasteiger partial charge in [0.2, 0.25) is 0 Å². The van der Waals surface area contributed by atoms with Gasteiger partial charge in [-0.2, -0.15) is 0 Å². The SMILES string of the molecule is COc1ccc(N2CC(=O)N(CCCOc3ccc(S(=O)(=O)C4(C(=O)NO)CCOCC4)cc3)C2=O)cc1. The van der Waals surface area contributed by atoms with E-state index in [4.69, 9.17) is 19.4 Å². The van der Waals surface area contributed by atoms with Crippen LogP contribution in [0.5, 0.6) is 11.5 Å². The van der Waals surface area contributed by atoms with E-state index in [9.17, 15) is 22.8 Å². The summed E-state index contributed by atoms with van der Waals surface area (Å²) in [5, 5.41) is 9.15. The second kappa shape index (κ2) is 11.4. The molecule has 2 aromatic rings. The number of nitrogens with one attached hydrogen (secondary N) is 1. The molecule has 0 radical (unpaired) electrons. The Labute approximate surface area is 219 Å². The predicted molar refractivity (Wildman–Crippen MR) is 134 cm³/mol. The number of benzene rings is 2. The van der Waals surface area contributed by atoms with Gasteiger partial charge in [-0.15, -0.1) is 0 Å². The van der Waals surface area contributed by atoms with Gasteiger partial charge in [-0.3, -0.25) is 24.6 Å². The van der Waals surface area contributed by atoms with Gasteiger partial charge in [-0.1, -0.05) is 0 Å². The lowest BCUT2D eigenvalue weighted by Crippen LogP contribution is -2.54. The lowest BCUT2D eigenvalue weighted by molar-refractivity contribution is -0.134. The van der Waals surface area contributed by atoms with E-state index < -0.39 is 26.5 Å². The standard InChI is InChI=1S/C25H29N3O9S/c1-35-19-5-3-18(4-6-19)28-17-22(29)27(24(28)31)13-2-14-37-20-7-9-21(10-8-20)38(33,34)25(23(30)26-32)11-15-36-16-12-25/h3-10,32H,2,11-17H2,1H3,(H,26,30). The molecule has 2 saturated heterocycles. The number of sulfone groups is 1. The fourth-order valence-electron chi connectivity index (χ4n) is 4.50. The first kappa shape index (κ1) is 27.4. The summed E-state index contributed by atoms with van der Waals surface area (Å²) < 4.78 is 40.8. The molecule has 12 nitrogen and oxygen atoms in total. The molecule has 204 valence electrons. The van der Waals surface area contributed by atoms with E-state index in [1.165, 1.54) is 39.5 Å². The summed E-state index contributed by atoms with van der Waals surface area (Å²) in [7, 11) is -2.59. The van der Waals surface area contributed by atoms with Crippen molar-refractivity contribution in [3.63, 3.8) is 0 Å². The summed E-state index contributed by atoms with van der Waals surface area (Å²) >= 11 is 0. The number of methoxy groups -OCH3 is 1. The van der Waals surface area contributed by atoms with Crippen molar-refractivity contribution < 1.29 is 42.2 Å². The van der Waals surface area contributed by atoms with Crippen LogP contribution in [0.15, 0.2) is 53.4 Å². The molecule has 0 unspecified atom stereocenters. The van der Waals surface area contributed by atoms with Gasteiger partial charge in [0.25, 0.3) is 11.8 Å². The molecule has 4 rings (SSSR count). The average Bonchev–Trinajstić information content (AvgIpc) is 3.23. The maximum Gasteiger partial charge on any atom is 0.331 e. The molecule has 13 heteroatoms. The number of nitrogens with zero attached hydrogens (tertiary/aromatic N) is 2. The highest BCUT2D eigenvalue weighted by molar-refractivity contribution is 7.93. The number of carbonyl (C=O) groups is 3. The van der Waals surface area contributed by atoms with Crippen molar-refractivity contribution in [2.24, 2.45) is 0 Å². The van der Waals surface area contributed by atoms with Gasteiger partial charge in [-0.05, 0) is 67.8 Å². The van der Waals surface area contributed by atoms with Crippen molar-refractivity contribution in [3.05, 3.63) is 48.5 Å². The highest BCUT2D eigenvalue weighted by Crippen LogP contribution is 2.36. The molecule has 0 aliphatic carbocycles. The summed E-state index contributed by atoms with van der Waals surface area (Å²) in [6, 6.07) is 12.0. The minimum atomic E-state index is -4.13. The monoisotopic (exact) mass is 547 g/mol. The van der Waals surface area contributed by atoms with E-state index in [0.29, 0.717) is 23.6 Å². The normalized spacial score (nSPS) is 17.4. The molecule has 2 fully saturated rings. The van der Waals surface area contributed by atoms with Crippen molar-refractivity contribution >= 4 is 33.4 Å². The summed E-state index contributed by atoms with van der Waals surface area (Å²) in [5.74, 6) is -0.271. The molecule has 2 heterocycles. The zero-order valence-electron chi connectivity index (χ0n) is 20.8. The average molecular weight is 548 g/mol. The smallest absolute Gasteiger partial charge is 0.331 e. The maximum atomic E-state index is 13.3. The van der Waals surface area contributed by atoms with Crippen LogP contribution in [0.4, 0.5) is 10.5 Å². The van der Waals surface area contributed by atoms with Crippen LogP contribution in [0.2, 0.25) is 0 Å². The Hall–Kier alpha value is -3.68. The number of urea groups is 1. The van der Waals surface area contributed by atoms with Crippen molar-refractivity contribution in [3.8, 4) is 11.5 Å². The lowest BCUT2D eigenvalue weighted by atomic mass is 9.98. The zero-order chi connectivity index (χ0) is 27.3. The second-order valence-corrected chi connectivity index (χ2v) is 11.1. The van der Waals surface area contributed by atoms with E-state index in [-0.39, 0.29) is 56.6 Å². The van der Waals surface area contributed by atoms with Crippen LogP contribution in [0, 0.1) is 0 Å². The van der Waals surface area contributed by atoms with Crippen molar-refractivity contribution in [1.82, 2.24) is 10.4 Å². The van der Waals surface area contributed by atoms with Crippen LogP contribution < -0.4 is 19.9 Å². The molecule has 0 spiro atoms. The van der Waals surface area contributed by atoms with Crippen LogP contribution in [0.1, 0.15) is 19.3 Å². The number of hydroxylamine groups is 1. The van der Waals surface area contributed by atoms with Gasteiger partial charge in [0.1, 0.15) is 18.0 Å². The number of anilines is 1. The maximum absolute atomic E-state index is 13.3. The lowest BCUT2D eigenvalue weighted by Gasteiger charge is -2.34. The fraction of sp³-hybridized carbons (Fsp3) is 0.400. The molecule has 38 heavy (non-hydrogen) atoms. The van der Waals surface area contributed by atoms with Gasteiger partial charge in [0.05, 0.1) is 18.6 Å². The van der Waals surface area contributed by atoms with E-state index in [0.717, 1.165) is 0 Å². The third kappa shape index (κ3) is 5.17. The number of rotatable bonds is 10. The minimum absolute atomic E-state index is 0.0517. The van der Waals surface area contributed by atoms with Crippen molar-refractivity contribution in [2.75, 3.05) is 44.9 Å². The molecule has 4 amide bonds. The molecular formula is C25H29N3O9S. The third-order valence-corrected chi connectivity index (χ3v) is 9.21. The first-order chi connectivity index (χ1) is 18.2. The van der Waals surface area contributed by atoms with Gasteiger partial charge >= 0.3 is 6.03 Å². The fourth-order valence-corrected chi connectivity index (χ4v) is 6.44. The quantitative estimate of drug-likeness (QED) is 0.196. The first-order valence-electron chi connectivity index (χ1n) is 12.0. The first-order valence-corrected chi connectivity index (χ1v) is 13.5. The molecule has 2 aromatic carbocycles. The number of imide groups is 1. The Morgan fingerprint density at radius 2 is 1.68 bits per heavy atom. The molecule has 2 N–H and O–H groups in total. The highest BCUT2D eigenvalue weighted by atomic mass is 32.2. The van der Waals surface area contributed by atoms with Crippen LogP contribution in [0.25, 0.3) is 0 Å². The summed E-state index contributed by atoms with van der Waals surface area (Å²) in [6.07, 6.45) is 0.210. The molecular weight excluding hydrogens is 518 g/mol. The van der Waals surface area contributed by atoms with E-state index in [2.05, 4.69) is 0 Å². The topological polar surface area (TPSA) is 152 Å². The molecule has 2 aliphatic rings. The molecule has 0 aromatic heterocycles. The van der Waals surface area contributed by atoms with Gasteiger partial charge in [0, 0.05) is 25.4 Å². The Balaban J connectivity index is 1.33. The Morgan fingerprint density at radius 3 is 2.29 bits per heavy atom. The zero-order valence-corrected chi connectivity index (χ0v) is 21.6. The summed E-state index contributed by atoms with van der Waals surface area (Å²) in [5.41, 5.74) is 2.08. The van der Waals surface area contributed by atoms with Gasteiger partial charge in [-0.25, -0.2) is 18.7 Å². The minimum Gasteiger partial charge on any atom is -0.497 e. The van der Waals surface area contributed by atoms with Crippen LogP contribution >= 0.6 is 0 Å². The van der Waals surface area contributed by atoms with E-state index in [1.807, 2.05) is 0 Å². The second-order valence-electron chi connectivity index (χ2n) is 8.84. The number of amides is 4. The number of hydrogen-bond acceptors (Lipinski definition) is 9. The Morgan fingerprint density at radius 1 is 1.05 bits per heavy atom. The van der Waals surface area contributed by atoms with E-state index >= 15 is 0 Å². The third-order valence-electron chi connectivity index (χ3n) is 6.70. The number of ether oxygens (including phenoxy) is 3. The summed E-state index contributed by atoms with van der Waals surface area (Å²) in [6.45, 7) is 0.447. The number of carbonyl (C=O) groups excluding carboxylic acids is 3. The number of hydrogen-bond donors (Lipinski definition) is 2. The molecule has 0 bridgehead atoms. The van der Waals surface area contributed by atoms with E-state index in [1.54, 1.807) is 31.4 Å². The molecule has 0 atom stereocenters. The van der Waals surface area contributed by atoms with Crippen molar-refractivity contribution in [2.45, 2.75) is 28.9 Å². The summed E-state index contributed by atoms with van der Waals surface area (Å²) in [4.78, 5) is 40.0. The predicted octanol–water partition coefficient (Wildman–Crippen LogP) is 1.76. The Bertz CT molecular complexity index is 1270. The van der Waals surface area contributed by atoms with Crippen LogP contribution in [-0.2, 0) is 24.2 Å². The van der Waals surface area contributed by atoms with Crippen LogP contribution in [-0.4, -0.2) is 81.1 Å². The highest BCUT2D eigenvalue weighted by Gasteiger charge is 2.52. The largest absolute Gasteiger partial charge is 0.497 e. The molecule has 0 saturated carbocycles.